The molecule has 1 aromatic carbocycles. The fourth-order valence-electron chi connectivity index (χ4n) is 4.10. The van der Waals surface area contributed by atoms with Crippen molar-refractivity contribution in [2.24, 2.45) is 5.92 Å². The van der Waals surface area contributed by atoms with Gasteiger partial charge >= 0.3 is 0 Å². The van der Waals surface area contributed by atoms with E-state index in [2.05, 4.69) is 5.01 Å². The molecule has 2 aliphatic heterocycles. The van der Waals surface area contributed by atoms with Crippen LogP contribution in [-0.2, 0) is 14.8 Å². The molecule has 3 rings (SSSR count). The fraction of sp³-hybridized carbons (Fsp3) is 0.650. The monoisotopic (exact) mass is 427 g/mol. The van der Waals surface area contributed by atoms with Gasteiger partial charge in [0.2, 0.25) is 15.9 Å². The van der Waals surface area contributed by atoms with Crippen LogP contribution in [0.4, 0.5) is 0 Å². The number of nitrogens with zero attached hydrogens (tertiary/aromatic N) is 3. The van der Waals surface area contributed by atoms with E-state index in [1.165, 1.54) is 17.1 Å². The zero-order valence-corrected chi connectivity index (χ0v) is 18.1. The minimum absolute atomic E-state index is 0.0351. The van der Waals surface area contributed by atoms with E-state index in [-0.39, 0.29) is 21.7 Å². The number of benzene rings is 1. The number of carbonyl (C=O) groups is 1. The molecule has 1 atom stereocenters. The topological polar surface area (TPSA) is 60.9 Å². The molecule has 156 valence electrons. The number of sulfonamides is 1. The second kappa shape index (κ2) is 9.57. The molecule has 1 amide bonds. The lowest BCUT2D eigenvalue weighted by Gasteiger charge is -2.35. The molecule has 0 saturated carbocycles. The third-order valence-corrected chi connectivity index (χ3v) is 8.13. The maximum absolute atomic E-state index is 13.0. The minimum Gasteiger partial charge on any atom is -0.278 e. The van der Waals surface area contributed by atoms with E-state index in [1.54, 1.807) is 29.3 Å². The molecule has 0 spiro atoms. The molecule has 0 N–H and O–H groups in total. The van der Waals surface area contributed by atoms with Gasteiger partial charge in [0.25, 0.3) is 0 Å². The summed E-state index contributed by atoms with van der Waals surface area (Å²) in [6, 6.07) is 6.53. The van der Waals surface area contributed by atoms with Gasteiger partial charge in [0.15, 0.2) is 0 Å². The Balaban J connectivity index is 1.63. The predicted octanol–water partition coefficient (Wildman–Crippen LogP) is 3.38. The molecule has 28 heavy (non-hydrogen) atoms. The first-order valence-electron chi connectivity index (χ1n) is 10.2. The Morgan fingerprint density at radius 3 is 2.46 bits per heavy atom. The summed E-state index contributed by atoms with van der Waals surface area (Å²) in [6.45, 7) is 2.67. The fourth-order valence-corrected chi connectivity index (χ4v) is 6.14. The highest BCUT2D eigenvalue weighted by atomic mass is 35.5. The Bertz CT molecular complexity index is 779. The van der Waals surface area contributed by atoms with Gasteiger partial charge in [0, 0.05) is 39.6 Å². The first-order chi connectivity index (χ1) is 13.4. The number of piperidine rings is 1. The molecule has 1 aromatic rings. The summed E-state index contributed by atoms with van der Waals surface area (Å²) < 4.78 is 27.5. The number of carbonyl (C=O) groups excluding carboxylic acids is 1. The van der Waals surface area contributed by atoms with Crippen LogP contribution in [0.1, 0.15) is 44.9 Å². The minimum atomic E-state index is -3.64. The van der Waals surface area contributed by atoms with Crippen molar-refractivity contribution in [2.45, 2.75) is 49.8 Å². The highest BCUT2D eigenvalue weighted by Gasteiger charge is 2.33. The van der Waals surface area contributed by atoms with Crippen LogP contribution in [0, 0.1) is 5.92 Å². The Hall–Kier alpha value is -1.15. The van der Waals surface area contributed by atoms with Crippen molar-refractivity contribution in [2.75, 3.05) is 33.2 Å². The normalized spacial score (nSPS) is 22.6. The molecule has 8 heteroatoms. The van der Waals surface area contributed by atoms with Crippen LogP contribution in [0.5, 0.6) is 0 Å². The van der Waals surface area contributed by atoms with Crippen molar-refractivity contribution in [3.63, 3.8) is 0 Å². The maximum Gasteiger partial charge on any atom is 0.244 e. The lowest BCUT2D eigenvalue weighted by Crippen LogP contribution is -2.46. The SMILES string of the molecule is CN(C(=O)CC1CCCN(S(=O)(=O)c2ccccc2Cl)C1)N1CCCCCC1. The second-order valence-corrected chi connectivity index (χ2v) is 10.1. The van der Waals surface area contributed by atoms with Gasteiger partial charge in [0.05, 0.1) is 5.02 Å². The molecule has 0 radical (unpaired) electrons. The van der Waals surface area contributed by atoms with Gasteiger partial charge in [-0.1, -0.05) is 36.6 Å². The van der Waals surface area contributed by atoms with Crippen LogP contribution in [0.2, 0.25) is 5.02 Å². The van der Waals surface area contributed by atoms with Crippen LogP contribution < -0.4 is 0 Å². The van der Waals surface area contributed by atoms with E-state index in [9.17, 15) is 13.2 Å². The van der Waals surface area contributed by atoms with Crippen LogP contribution in [0.15, 0.2) is 29.2 Å². The van der Waals surface area contributed by atoms with Crippen molar-refractivity contribution in [1.82, 2.24) is 14.3 Å². The van der Waals surface area contributed by atoms with Crippen molar-refractivity contribution in [3.05, 3.63) is 29.3 Å². The van der Waals surface area contributed by atoms with Gasteiger partial charge in [-0.3, -0.25) is 9.80 Å². The number of hydrogen-bond donors (Lipinski definition) is 0. The van der Waals surface area contributed by atoms with Gasteiger partial charge in [-0.05, 0) is 43.7 Å². The molecule has 2 fully saturated rings. The van der Waals surface area contributed by atoms with E-state index < -0.39 is 10.0 Å². The standard InChI is InChI=1S/C20H30ClN3O3S/c1-22(23-12-6-2-3-7-13-23)20(25)15-17-9-8-14-24(16-17)28(26,27)19-11-5-4-10-18(19)21/h4-5,10-11,17H,2-3,6-9,12-16H2,1H3. The largest absolute Gasteiger partial charge is 0.278 e. The molecule has 0 aromatic heterocycles. The molecule has 2 aliphatic rings. The highest BCUT2D eigenvalue weighted by molar-refractivity contribution is 7.89. The van der Waals surface area contributed by atoms with E-state index >= 15 is 0 Å². The summed E-state index contributed by atoms with van der Waals surface area (Å²) in [5.41, 5.74) is 0. The summed E-state index contributed by atoms with van der Waals surface area (Å²) in [5, 5.41) is 4.13. The summed E-state index contributed by atoms with van der Waals surface area (Å²) in [5.74, 6) is 0.108. The van der Waals surface area contributed by atoms with E-state index in [0.29, 0.717) is 19.5 Å². The first-order valence-corrected chi connectivity index (χ1v) is 12.0. The molecular formula is C20H30ClN3O3S. The highest BCUT2D eigenvalue weighted by Crippen LogP contribution is 2.29. The summed E-state index contributed by atoms with van der Waals surface area (Å²) in [6.07, 6.45) is 6.67. The molecule has 2 saturated heterocycles. The van der Waals surface area contributed by atoms with Gasteiger partial charge in [-0.15, -0.1) is 0 Å². The summed E-state index contributed by atoms with van der Waals surface area (Å²) >= 11 is 6.12. The van der Waals surface area contributed by atoms with E-state index in [1.807, 2.05) is 7.05 Å². The number of amides is 1. The average molecular weight is 428 g/mol. The lowest BCUT2D eigenvalue weighted by atomic mass is 9.96. The lowest BCUT2D eigenvalue weighted by molar-refractivity contribution is -0.147. The van der Waals surface area contributed by atoms with Crippen molar-refractivity contribution < 1.29 is 13.2 Å². The van der Waals surface area contributed by atoms with Crippen molar-refractivity contribution in [3.8, 4) is 0 Å². The Morgan fingerprint density at radius 1 is 1.11 bits per heavy atom. The number of hydrogen-bond acceptors (Lipinski definition) is 4. The van der Waals surface area contributed by atoms with Crippen molar-refractivity contribution in [1.29, 1.82) is 0 Å². The number of halogens is 1. The Kier molecular flexibility index (Phi) is 7.36. The molecule has 2 heterocycles. The third-order valence-electron chi connectivity index (χ3n) is 5.77. The van der Waals surface area contributed by atoms with Crippen LogP contribution in [0.25, 0.3) is 0 Å². The quantitative estimate of drug-likeness (QED) is 0.722. The van der Waals surface area contributed by atoms with Gasteiger partial charge in [0.1, 0.15) is 4.90 Å². The van der Waals surface area contributed by atoms with Gasteiger partial charge in [-0.2, -0.15) is 4.31 Å². The molecular weight excluding hydrogens is 398 g/mol. The smallest absolute Gasteiger partial charge is 0.244 e. The Morgan fingerprint density at radius 2 is 1.79 bits per heavy atom. The van der Waals surface area contributed by atoms with Crippen LogP contribution in [0.3, 0.4) is 0 Å². The van der Waals surface area contributed by atoms with Gasteiger partial charge < -0.3 is 0 Å². The number of rotatable bonds is 5. The molecule has 6 nitrogen and oxygen atoms in total. The van der Waals surface area contributed by atoms with E-state index in [0.717, 1.165) is 38.8 Å². The van der Waals surface area contributed by atoms with Crippen LogP contribution in [-0.4, -0.2) is 61.9 Å². The van der Waals surface area contributed by atoms with Crippen molar-refractivity contribution >= 4 is 27.5 Å². The summed E-state index contributed by atoms with van der Waals surface area (Å²) in [4.78, 5) is 12.9. The average Bonchev–Trinajstić information content (AvgIpc) is 2.97. The molecule has 0 bridgehead atoms. The molecule has 1 unspecified atom stereocenters. The van der Waals surface area contributed by atoms with Crippen LogP contribution >= 0.6 is 11.6 Å². The third kappa shape index (κ3) is 5.06. The van der Waals surface area contributed by atoms with E-state index in [4.69, 9.17) is 11.6 Å². The Labute approximate surface area is 173 Å². The second-order valence-electron chi connectivity index (χ2n) is 7.79. The molecule has 0 aliphatic carbocycles. The van der Waals surface area contributed by atoms with Gasteiger partial charge in [-0.25, -0.2) is 13.4 Å². The zero-order chi connectivity index (χ0) is 20.1. The first kappa shape index (κ1) is 21.6. The maximum atomic E-state index is 13.0. The predicted molar refractivity (Wildman–Crippen MR) is 110 cm³/mol. The zero-order valence-electron chi connectivity index (χ0n) is 16.5. The number of hydrazine groups is 1. The summed E-state index contributed by atoms with van der Waals surface area (Å²) in [7, 11) is -1.80.